The molecule has 0 unspecified atom stereocenters. The van der Waals surface area contributed by atoms with Crippen LogP contribution in [0.2, 0.25) is 0 Å². The summed E-state index contributed by atoms with van der Waals surface area (Å²) < 4.78 is 1.69. The molecule has 4 rings (SSSR count). The molecule has 24 heavy (non-hydrogen) atoms. The van der Waals surface area contributed by atoms with Gasteiger partial charge in [0.15, 0.2) is 0 Å². The van der Waals surface area contributed by atoms with Gasteiger partial charge in [-0.25, -0.2) is 4.98 Å². The van der Waals surface area contributed by atoms with E-state index in [0.29, 0.717) is 11.9 Å². The van der Waals surface area contributed by atoms with Gasteiger partial charge in [0.2, 0.25) is 0 Å². The summed E-state index contributed by atoms with van der Waals surface area (Å²) in [5.74, 6) is 0. The molecule has 0 radical (unpaired) electrons. The predicted molar refractivity (Wildman–Crippen MR) is 99.6 cm³/mol. The molecule has 0 atom stereocenters. The van der Waals surface area contributed by atoms with E-state index in [4.69, 9.17) is 0 Å². The van der Waals surface area contributed by atoms with E-state index in [1.807, 2.05) is 35.7 Å². The van der Waals surface area contributed by atoms with Gasteiger partial charge in [-0.3, -0.25) is 9.36 Å². The van der Waals surface area contributed by atoms with Crippen molar-refractivity contribution in [1.29, 1.82) is 0 Å². The fourth-order valence-corrected chi connectivity index (χ4v) is 3.71. The average molecular weight is 332 g/mol. The number of aromatic nitrogens is 2. The fraction of sp³-hybridized carbons (Fsp3) is 0.100. The Hall–Kier alpha value is -2.72. The minimum absolute atomic E-state index is 0.0145. The number of benzene rings is 2. The monoisotopic (exact) mass is 332 g/mol. The van der Waals surface area contributed by atoms with Gasteiger partial charge in [-0.15, -0.1) is 11.3 Å². The van der Waals surface area contributed by atoms with Crippen molar-refractivity contribution in [2.75, 3.05) is 0 Å². The topological polar surface area (TPSA) is 34.9 Å². The number of rotatable bonds is 3. The van der Waals surface area contributed by atoms with Crippen molar-refractivity contribution in [3.63, 3.8) is 0 Å². The van der Waals surface area contributed by atoms with Gasteiger partial charge < -0.3 is 0 Å². The summed E-state index contributed by atoms with van der Waals surface area (Å²) >= 11 is 1.52. The van der Waals surface area contributed by atoms with Crippen LogP contribution in [0, 0.1) is 6.92 Å². The first-order valence-electron chi connectivity index (χ1n) is 7.80. The van der Waals surface area contributed by atoms with Crippen molar-refractivity contribution < 1.29 is 0 Å². The van der Waals surface area contributed by atoms with Crippen LogP contribution in [0.15, 0.2) is 71.1 Å². The van der Waals surface area contributed by atoms with E-state index < -0.39 is 0 Å². The maximum absolute atomic E-state index is 13.0. The minimum Gasteiger partial charge on any atom is -0.294 e. The predicted octanol–water partition coefficient (Wildman–Crippen LogP) is 4.48. The normalized spacial score (nSPS) is 11.0. The molecule has 3 nitrogen and oxygen atoms in total. The van der Waals surface area contributed by atoms with Gasteiger partial charge in [-0.2, -0.15) is 0 Å². The van der Waals surface area contributed by atoms with Crippen molar-refractivity contribution >= 4 is 21.6 Å². The van der Waals surface area contributed by atoms with Crippen molar-refractivity contribution in [1.82, 2.24) is 9.55 Å². The average Bonchev–Trinajstić information content (AvgIpc) is 3.05. The molecule has 2 aromatic carbocycles. The summed E-state index contributed by atoms with van der Waals surface area (Å²) in [4.78, 5) is 18.3. The summed E-state index contributed by atoms with van der Waals surface area (Å²) in [7, 11) is 0. The lowest BCUT2D eigenvalue weighted by molar-refractivity contribution is 0.749. The first-order valence-corrected chi connectivity index (χ1v) is 8.68. The molecule has 4 aromatic rings. The second kappa shape index (κ2) is 6.06. The van der Waals surface area contributed by atoms with Crippen LogP contribution < -0.4 is 5.56 Å². The van der Waals surface area contributed by atoms with E-state index in [0.717, 1.165) is 21.5 Å². The molecule has 2 heterocycles. The van der Waals surface area contributed by atoms with E-state index >= 15 is 0 Å². The number of thiophene rings is 1. The third kappa shape index (κ3) is 2.65. The van der Waals surface area contributed by atoms with E-state index in [2.05, 4.69) is 36.2 Å². The quantitative estimate of drug-likeness (QED) is 0.554. The molecule has 0 amide bonds. The second-order valence-corrected chi connectivity index (χ2v) is 6.72. The van der Waals surface area contributed by atoms with Crippen LogP contribution in [0.4, 0.5) is 0 Å². The van der Waals surface area contributed by atoms with Gasteiger partial charge in [0.1, 0.15) is 4.83 Å². The van der Waals surface area contributed by atoms with Gasteiger partial charge in [0.25, 0.3) is 5.56 Å². The Bertz CT molecular complexity index is 1050. The highest BCUT2D eigenvalue weighted by atomic mass is 32.1. The molecule has 118 valence electrons. The van der Waals surface area contributed by atoms with E-state index in [-0.39, 0.29) is 5.56 Å². The van der Waals surface area contributed by atoms with Crippen molar-refractivity contribution in [3.05, 3.63) is 87.8 Å². The zero-order valence-electron chi connectivity index (χ0n) is 13.3. The van der Waals surface area contributed by atoms with Crippen LogP contribution in [0.25, 0.3) is 21.3 Å². The summed E-state index contributed by atoms with van der Waals surface area (Å²) in [5, 5.41) is 2.73. The lowest BCUT2D eigenvalue weighted by atomic mass is 10.1. The second-order valence-electron chi connectivity index (χ2n) is 5.86. The molecule has 4 heteroatoms. The zero-order valence-corrected chi connectivity index (χ0v) is 14.1. The third-order valence-corrected chi connectivity index (χ3v) is 5.01. The Balaban J connectivity index is 1.82. The third-order valence-electron chi connectivity index (χ3n) is 4.12. The molecule has 2 aromatic heterocycles. The molecular formula is C20H16N2OS. The zero-order chi connectivity index (χ0) is 16.5. The Kier molecular flexibility index (Phi) is 3.75. The molecule has 0 saturated carbocycles. The highest BCUT2D eigenvalue weighted by Gasteiger charge is 2.13. The summed E-state index contributed by atoms with van der Waals surface area (Å²) in [6, 6.07) is 18.2. The van der Waals surface area contributed by atoms with E-state index in [1.165, 1.54) is 16.9 Å². The Labute approximate surface area is 143 Å². The van der Waals surface area contributed by atoms with E-state index in [9.17, 15) is 4.79 Å². The van der Waals surface area contributed by atoms with Crippen molar-refractivity contribution in [2.24, 2.45) is 0 Å². The van der Waals surface area contributed by atoms with Gasteiger partial charge in [-0.05, 0) is 18.1 Å². The molecule has 0 bridgehead atoms. The van der Waals surface area contributed by atoms with Crippen LogP contribution in [0.3, 0.4) is 0 Å². The molecule has 0 aliphatic rings. The molecular weight excluding hydrogens is 316 g/mol. The van der Waals surface area contributed by atoms with Crippen molar-refractivity contribution in [2.45, 2.75) is 13.5 Å². The summed E-state index contributed by atoms with van der Waals surface area (Å²) in [6.07, 6.45) is 1.65. The van der Waals surface area contributed by atoms with Gasteiger partial charge in [-0.1, -0.05) is 60.2 Å². The van der Waals surface area contributed by atoms with Crippen LogP contribution in [-0.2, 0) is 6.54 Å². The van der Waals surface area contributed by atoms with Gasteiger partial charge >= 0.3 is 0 Å². The number of fused-ring (bicyclic) bond motifs is 1. The molecule has 0 saturated heterocycles. The Morgan fingerprint density at radius 3 is 2.54 bits per heavy atom. The van der Waals surface area contributed by atoms with E-state index in [1.54, 1.807) is 10.9 Å². The maximum atomic E-state index is 13.0. The lowest BCUT2D eigenvalue weighted by Gasteiger charge is -2.07. The standard InChI is InChI=1S/C20H16N2OS/c1-14-7-9-15(10-8-14)11-22-13-21-19-18(20(22)23)17(12-24-19)16-5-3-2-4-6-16/h2-10,12-13H,11H2,1H3. The molecule has 0 fully saturated rings. The first kappa shape index (κ1) is 14.8. The molecule has 0 aliphatic heterocycles. The van der Waals surface area contributed by atoms with Crippen LogP contribution in [0.1, 0.15) is 11.1 Å². The lowest BCUT2D eigenvalue weighted by Crippen LogP contribution is -2.20. The van der Waals surface area contributed by atoms with Crippen LogP contribution >= 0.6 is 11.3 Å². The van der Waals surface area contributed by atoms with Crippen LogP contribution in [-0.4, -0.2) is 9.55 Å². The van der Waals surface area contributed by atoms with Crippen molar-refractivity contribution in [3.8, 4) is 11.1 Å². The molecule has 0 spiro atoms. The smallest absolute Gasteiger partial charge is 0.263 e. The Morgan fingerprint density at radius 2 is 1.79 bits per heavy atom. The Morgan fingerprint density at radius 1 is 1.04 bits per heavy atom. The summed E-state index contributed by atoms with van der Waals surface area (Å²) in [5.41, 5.74) is 4.34. The van der Waals surface area contributed by atoms with Gasteiger partial charge in [0.05, 0.1) is 18.3 Å². The summed E-state index contributed by atoms with van der Waals surface area (Å²) in [6.45, 7) is 2.59. The molecule has 0 aliphatic carbocycles. The largest absolute Gasteiger partial charge is 0.294 e. The van der Waals surface area contributed by atoms with Crippen LogP contribution in [0.5, 0.6) is 0 Å². The highest BCUT2D eigenvalue weighted by molar-refractivity contribution is 7.17. The number of hydrogen-bond donors (Lipinski definition) is 0. The molecule has 0 N–H and O–H groups in total. The highest BCUT2D eigenvalue weighted by Crippen LogP contribution is 2.30. The number of hydrogen-bond acceptors (Lipinski definition) is 3. The number of nitrogens with zero attached hydrogens (tertiary/aromatic N) is 2. The first-order chi connectivity index (χ1) is 11.7. The minimum atomic E-state index is 0.0145. The van der Waals surface area contributed by atoms with Gasteiger partial charge in [0, 0.05) is 10.9 Å². The SMILES string of the molecule is Cc1ccc(Cn2cnc3scc(-c4ccccc4)c3c2=O)cc1. The number of aryl methyl sites for hydroxylation is 1. The maximum Gasteiger partial charge on any atom is 0.263 e. The fourth-order valence-electron chi connectivity index (χ4n) is 2.80.